The molecule has 0 radical (unpaired) electrons. The Morgan fingerprint density at radius 2 is 2.19 bits per heavy atom. The normalized spacial score (nSPS) is 20.6. The fourth-order valence-electron chi connectivity index (χ4n) is 2.01. The first-order valence-electron chi connectivity index (χ1n) is 5.63. The van der Waals surface area contributed by atoms with E-state index in [0.717, 1.165) is 12.4 Å². The highest BCUT2D eigenvalue weighted by Gasteiger charge is 2.21. The molecular weight excluding hydrogens is 200 g/mol. The smallest absolute Gasteiger partial charge is 0.119 e. The van der Waals surface area contributed by atoms with Gasteiger partial charge in [0.1, 0.15) is 12.4 Å². The first-order chi connectivity index (χ1) is 7.79. The van der Waals surface area contributed by atoms with Gasteiger partial charge in [-0.1, -0.05) is 0 Å². The topological polar surface area (TPSA) is 36.3 Å². The Kier molecular flexibility index (Phi) is 3.43. The van der Waals surface area contributed by atoms with Crippen LogP contribution in [0.3, 0.4) is 0 Å². The van der Waals surface area contributed by atoms with Crippen molar-refractivity contribution in [3.63, 3.8) is 0 Å². The molecule has 1 aromatic rings. The van der Waals surface area contributed by atoms with E-state index in [2.05, 4.69) is 18.0 Å². The van der Waals surface area contributed by atoms with Gasteiger partial charge in [0.15, 0.2) is 0 Å². The van der Waals surface area contributed by atoms with Gasteiger partial charge in [0.2, 0.25) is 0 Å². The van der Waals surface area contributed by atoms with E-state index in [1.54, 1.807) is 12.1 Å². The van der Waals surface area contributed by atoms with Gasteiger partial charge in [-0.2, -0.15) is 5.26 Å². The molecule has 0 spiro atoms. The third kappa shape index (κ3) is 2.53. The van der Waals surface area contributed by atoms with E-state index >= 15 is 0 Å². The van der Waals surface area contributed by atoms with Crippen LogP contribution >= 0.6 is 0 Å². The summed E-state index contributed by atoms with van der Waals surface area (Å²) < 4.78 is 5.71. The number of rotatable bonds is 3. The quantitative estimate of drug-likeness (QED) is 0.775. The van der Waals surface area contributed by atoms with Crippen LogP contribution in [0.2, 0.25) is 0 Å². The maximum Gasteiger partial charge on any atom is 0.119 e. The summed E-state index contributed by atoms with van der Waals surface area (Å²) in [4.78, 5) is 2.34. The second-order valence-corrected chi connectivity index (χ2v) is 4.22. The first-order valence-corrected chi connectivity index (χ1v) is 5.63. The Bertz CT molecular complexity index is 380. The molecular formula is C13H16N2O. The maximum absolute atomic E-state index is 8.67. The molecule has 0 aliphatic carbocycles. The van der Waals surface area contributed by atoms with Gasteiger partial charge in [0.25, 0.3) is 0 Å². The van der Waals surface area contributed by atoms with Gasteiger partial charge in [0.05, 0.1) is 11.6 Å². The largest absolute Gasteiger partial charge is 0.492 e. The number of hydrogen-bond acceptors (Lipinski definition) is 3. The molecule has 2 rings (SSSR count). The third-order valence-corrected chi connectivity index (χ3v) is 3.10. The van der Waals surface area contributed by atoms with Gasteiger partial charge in [-0.15, -0.1) is 0 Å². The van der Waals surface area contributed by atoms with Crippen molar-refractivity contribution in [3.05, 3.63) is 29.8 Å². The first kappa shape index (κ1) is 11.0. The number of ether oxygens (including phenoxy) is 1. The van der Waals surface area contributed by atoms with E-state index in [4.69, 9.17) is 10.00 Å². The number of likely N-dealkylation sites (N-methyl/N-ethyl adjacent to an activating group) is 1. The molecule has 0 N–H and O–H groups in total. The Morgan fingerprint density at radius 1 is 1.44 bits per heavy atom. The van der Waals surface area contributed by atoms with E-state index in [-0.39, 0.29) is 0 Å². The highest BCUT2D eigenvalue weighted by atomic mass is 16.5. The van der Waals surface area contributed by atoms with Crippen molar-refractivity contribution in [2.45, 2.75) is 18.9 Å². The number of nitrogens with zero attached hydrogens (tertiary/aromatic N) is 2. The fourth-order valence-corrected chi connectivity index (χ4v) is 2.01. The molecule has 1 aliphatic heterocycles. The summed E-state index contributed by atoms with van der Waals surface area (Å²) in [6, 6.07) is 9.91. The lowest BCUT2D eigenvalue weighted by Crippen LogP contribution is -2.30. The van der Waals surface area contributed by atoms with Crippen LogP contribution < -0.4 is 4.74 Å². The molecule has 3 nitrogen and oxygen atoms in total. The summed E-state index contributed by atoms with van der Waals surface area (Å²) >= 11 is 0. The summed E-state index contributed by atoms with van der Waals surface area (Å²) in [6.45, 7) is 1.91. The molecule has 1 unspecified atom stereocenters. The van der Waals surface area contributed by atoms with Crippen molar-refractivity contribution in [1.29, 1.82) is 5.26 Å². The molecule has 1 fully saturated rings. The molecule has 1 atom stereocenters. The van der Waals surface area contributed by atoms with Crippen LogP contribution in [0.25, 0.3) is 0 Å². The van der Waals surface area contributed by atoms with Crippen LogP contribution in [-0.2, 0) is 0 Å². The van der Waals surface area contributed by atoms with Gasteiger partial charge in [-0.25, -0.2) is 0 Å². The Morgan fingerprint density at radius 3 is 2.75 bits per heavy atom. The van der Waals surface area contributed by atoms with Crippen molar-refractivity contribution < 1.29 is 4.74 Å². The van der Waals surface area contributed by atoms with E-state index in [9.17, 15) is 0 Å². The summed E-state index contributed by atoms with van der Waals surface area (Å²) in [6.07, 6.45) is 2.48. The number of likely N-dealkylation sites (tertiary alicyclic amines) is 1. The monoisotopic (exact) mass is 216 g/mol. The Balaban J connectivity index is 1.87. The van der Waals surface area contributed by atoms with E-state index in [0.29, 0.717) is 11.6 Å². The lowest BCUT2D eigenvalue weighted by molar-refractivity contribution is 0.198. The molecule has 1 aliphatic rings. The van der Waals surface area contributed by atoms with Crippen molar-refractivity contribution in [1.82, 2.24) is 4.90 Å². The Labute approximate surface area is 96.2 Å². The number of nitriles is 1. The van der Waals surface area contributed by atoms with Crippen LogP contribution in [0, 0.1) is 11.3 Å². The van der Waals surface area contributed by atoms with E-state index in [1.165, 1.54) is 19.4 Å². The lowest BCUT2D eigenvalue weighted by atomic mass is 10.2. The number of hydrogen-bond donors (Lipinski definition) is 0. The zero-order valence-corrected chi connectivity index (χ0v) is 9.52. The van der Waals surface area contributed by atoms with Crippen LogP contribution in [0.15, 0.2) is 24.3 Å². The SMILES string of the molecule is CN1CCCC1COc1ccc(C#N)cc1. The van der Waals surface area contributed by atoms with Crippen LogP contribution in [0.5, 0.6) is 5.75 Å². The Hall–Kier alpha value is -1.53. The van der Waals surface area contributed by atoms with Gasteiger partial charge in [-0.05, 0) is 50.7 Å². The van der Waals surface area contributed by atoms with Crippen LogP contribution in [-0.4, -0.2) is 31.1 Å². The summed E-state index contributed by atoms with van der Waals surface area (Å²) in [7, 11) is 2.14. The zero-order chi connectivity index (χ0) is 11.4. The second kappa shape index (κ2) is 5.00. The fraction of sp³-hybridized carbons (Fsp3) is 0.462. The maximum atomic E-state index is 8.67. The predicted molar refractivity (Wildman–Crippen MR) is 62.3 cm³/mol. The summed E-state index contributed by atoms with van der Waals surface area (Å²) in [5.41, 5.74) is 0.672. The summed E-state index contributed by atoms with van der Waals surface area (Å²) in [5, 5.41) is 8.67. The molecule has 0 amide bonds. The minimum Gasteiger partial charge on any atom is -0.492 e. The molecule has 84 valence electrons. The molecule has 0 aromatic heterocycles. The highest BCUT2D eigenvalue weighted by molar-refractivity contribution is 5.34. The highest BCUT2D eigenvalue weighted by Crippen LogP contribution is 2.17. The average molecular weight is 216 g/mol. The van der Waals surface area contributed by atoms with Crippen molar-refractivity contribution in [3.8, 4) is 11.8 Å². The number of benzene rings is 1. The van der Waals surface area contributed by atoms with Gasteiger partial charge >= 0.3 is 0 Å². The van der Waals surface area contributed by atoms with Gasteiger partial charge < -0.3 is 9.64 Å². The standard InChI is InChI=1S/C13H16N2O/c1-15-8-2-3-12(15)10-16-13-6-4-11(9-14)5-7-13/h4-7,12H,2-3,8,10H2,1H3. The minimum absolute atomic E-state index is 0.538. The molecule has 1 heterocycles. The third-order valence-electron chi connectivity index (χ3n) is 3.10. The zero-order valence-electron chi connectivity index (χ0n) is 9.52. The average Bonchev–Trinajstić information content (AvgIpc) is 2.73. The lowest BCUT2D eigenvalue weighted by Gasteiger charge is -2.19. The molecule has 3 heteroatoms. The van der Waals surface area contributed by atoms with Crippen LogP contribution in [0.4, 0.5) is 0 Å². The van der Waals surface area contributed by atoms with Crippen LogP contribution in [0.1, 0.15) is 18.4 Å². The molecule has 0 bridgehead atoms. The second-order valence-electron chi connectivity index (χ2n) is 4.22. The van der Waals surface area contributed by atoms with E-state index in [1.807, 2.05) is 12.1 Å². The van der Waals surface area contributed by atoms with Crippen molar-refractivity contribution in [2.24, 2.45) is 0 Å². The predicted octanol–water partition coefficient (Wildman–Crippen LogP) is 2.03. The van der Waals surface area contributed by atoms with Gasteiger partial charge in [-0.3, -0.25) is 0 Å². The van der Waals surface area contributed by atoms with Crippen molar-refractivity contribution in [2.75, 3.05) is 20.2 Å². The van der Waals surface area contributed by atoms with Crippen molar-refractivity contribution >= 4 is 0 Å². The molecule has 1 saturated heterocycles. The molecule has 1 aromatic carbocycles. The van der Waals surface area contributed by atoms with Gasteiger partial charge in [0, 0.05) is 6.04 Å². The summed E-state index contributed by atoms with van der Waals surface area (Å²) in [5.74, 6) is 0.847. The minimum atomic E-state index is 0.538. The van der Waals surface area contributed by atoms with E-state index < -0.39 is 0 Å². The molecule has 0 saturated carbocycles. The molecule has 16 heavy (non-hydrogen) atoms.